The molecule has 1 aromatic heterocycles. The Morgan fingerprint density at radius 3 is 2.53 bits per heavy atom. The molecule has 1 amide bonds. The lowest BCUT2D eigenvalue weighted by molar-refractivity contribution is -0.118. The van der Waals surface area contributed by atoms with Gasteiger partial charge < -0.3 is 4.74 Å². The number of hydrazone groups is 1. The third-order valence-corrected chi connectivity index (χ3v) is 5.83. The average Bonchev–Trinajstić information content (AvgIpc) is 3.29. The van der Waals surface area contributed by atoms with Gasteiger partial charge in [0.25, 0.3) is 5.91 Å². The van der Waals surface area contributed by atoms with Gasteiger partial charge in [-0.3, -0.25) is 9.36 Å². The van der Waals surface area contributed by atoms with Crippen LogP contribution in [0, 0.1) is 6.92 Å². The Bertz CT molecular complexity index is 1270. The van der Waals surface area contributed by atoms with Crippen molar-refractivity contribution in [2.24, 2.45) is 5.10 Å². The summed E-state index contributed by atoms with van der Waals surface area (Å²) in [6.45, 7) is 4.52. The minimum Gasteiger partial charge on any atom is -0.493 e. The highest BCUT2D eigenvalue weighted by molar-refractivity contribution is 7.99. The Morgan fingerprint density at radius 1 is 1.03 bits per heavy atom. The van der Waals surface area contributed by atoms with Crippen LogP contribution in [-0.2, 0) is 4.79 Å². The van der Waals surface area contributed by atoms with Gasteiger partial charge in [0.1, 0.15) is 5.75 Å². The second kappa shape index (κ2) is 11.3. The van der Waals surface area contributed by atoms with E-state index in [-0.39, 0.29) is 11.7 Å². The molecular weight excluding hydrogens is 446 g/mol. The van der Waals surface area contributed by atoms with E-state index in [1.807, 2.05) is 97.3 Å². The number of benzene rings is 3. The van der Waals surface area contributed by atoms with E-state index < -0.39 is 0 Å². The van der Waals surface area contributed by atoms with E-state index in [0.717, 1.165) is 28.4 Å². The average molecular weight is 472 g/mol. The molecule has 0 bridgehead atoms. The van der Waals surface area contributed by atoms with E-state index in [2.05, 4.69) is 20.7 Å². The highest BCUT2D eigenvalue weighted by Gasteiger charge is 2.17. The fraction of sp³-hybridized carbons (Fsp3) is 0.154. The van der Waals surface area contributed by atoms with Crippen molar-refractivity contribution in [2.45, 2.75) is 19.0 Å². The van der Waals surface area contributed by atoms with E-state index >= 15 is 0 Å². The number of thioether (sulfide) groups is 1. The van der Waals surface area contributed by atoms with Crippen LogP contribution in [0.4, 0.5) is 0 Å². The molecule has 0 aliphatic carbocycles. The van der Waals surface area contributed by atoms with E-state index in [0.29, 0.717) is 11.8 Å². The van der Waals surface area contributed by atoms with Crippen molar-refractivity contribution in [1.82, 2.24) is 20.2 Å². The van der Waals surface area contributed by atoms with E-state index in [1.165, 1.54) is 17.3 Å². The Morgan fingerprint density at radius 2 is 1.76 bits per heavy atom. The SMILES string of the molecule is CCOc1ccccc1C=NNC(=O)CSc1nnc(-c2ccc(C)cc2)n1-c1ccccc1. The molecule has 172 valence electrons. The second-order valence-corrected chi connectivity index (χ2v) is 8.34. The van der Waals surface area contributed by atoms with Crippen molar-refractivity contribution in [1.29, 1.82) is 0 Å². The molecule has 0 aliphatic rings. The number of aryl methyl sites for hydroxylation is 1. The van der Waals surface area contributed by atoms with Gasteiger partial charge in [-0.2, -0.15) is 5.10 Å². The molecule has 7 nitrogen and oxygen atoms in total. The van der Waals surface area contributed by atoms with Crippen molar-refractivity contribution < 1.29 is 9.53 Å². The van der Waals surface area contributed by atoms with Crippen LogP contribution in [0.3, 0.4) is 0 Å². The standard InChI is InChI=1S/C26H25N5O2S/c1-3-33-23-12-8-7-9-21(23)17-27-28-24(32)18-34-26-30-29-25(20-15-13-19(2)14-16-20)31(26)22-10-5-4-6-11-22/h4-17H,3,18H2,1-2H3,(H,28,32). The summed E-state index contributed by atoms with van der Waals surface area (Å²) >= 11 is 1.30. The number of amides is 1. The molecule has 0 spiro atoms. The van der Waals surface area contributed by atoms with Gasteiger partial charge in [-0.15, -0.1) is 10.2 Å². The second-order valence-electron chi connectivity index (χ2n) is 7.40. The molecule has 34 heavy (non-hydrogen) atoms. The number of hydrogen-bond donors (Lipinski definition) is 1. The van der Waals surface area contributed by atoms with E-state index in [9.17, 15) is 4.79 Å². The number of aromatic nitrogens is 3. The maximum Gasteiger partial charge on any atom is 0.250 e. The third kappa shape index (κ3) is 5.71. The zero-order chi connectivity index (χ0) is 23.8. The quantitative estimate of drug-likeness (QED) is 0.214. The molecule has 1 heterocycles. The lowest BCUT2D eigenvalue weighted by Crippen LogP contribution is -2.20. The van der Waals surface area contributed by atoms with E-state index in [1.54, 1.807) is 6.21 Å². The molecule has 0 aliphatic heterocycles. The minimum absolute atomic E-state index is 0.142. The van der Waals surface area contributed by atoms with Gasteiger partial charge in [-0.25, -0.2) is 5.43 Å². The lowest BCUT2D eigenvalue weighted by Gasteiger charge is -2.10. The largest absolute Gasteiger partial charge is 0.493 e. The summed E-state index contributed by atoms with van der Waals surface area (Å²) in [4.78, 5) is 12.4. The summed E-state index contributed by atoms with van der Waals surface area (Å²) < 4.78 is 7.54. The number of ether oxygens (including phenoxy) is 1. The number of nitrogens with one attached hydrogen (secondary N) is 1. The normalized spacial score (nSPS) is 11.0. The highest BCUT2D eigenvalue weighted by Crippen LogP contribution is 2.28. The van der Waals surface area contributed by atoms with Crippen molar-refractivity contribution >= 4 is 23.9 Å². The van der Waals surface area contributed by atoms with Crippen LogP contribution in [-0.4, -0.2) is 39.2 Å². The highest BCUT2D eigenvalue weighted by atomic mass is 32.2. The van der Waals surface area contributed by atoms with Crippen LogP contribution < -0.4 is 10.2 Å². The first-order valence-corrected chi connectivity index (χ1v) is 11.9. The van der Waals surface area contributed by atoms with Crippen molar-refractivity contribution in [3.63, 3.8) is 0 Å². The molecule has 0 atom stereocenters. The molecular formula is C26H25N5O2S. The number of hydrogen-bond acceptors (Lipinski definition) is 6. The summed E-state index contributed by atoms with van der Waals surface area (Å²) in [5.74, 6) is 1.34. The van der Waals surface area contributed by atoms with Gasteiger partial charge >= 0.3 is 0 Å². The third-order valence-electron chi connectivity index (χ3n) is 4.90. The van der Waals surface area contributed by atoms with Crippen molar-refractivity contribution in [3.8, 4) is 22.8 Å². The van der Waals surface area contributed by atoms with Crippen LogP contribution in [0.5, 0.6) is 5.75 Å². The van der Waals surface area contributed by atoms with Crippen LogP contribution in [0.2, 0.25) is 0 Å². The van der Waals surface area contributed by atoms with Crippen LogP contribution in [0.15, 0.2) is 89.1 Å². The summed E-state index contributed by atoms with van der Waals surface area (Å²) in [6, 6.07) is 25.5. The maximum atomic E-state index is 12.4. The summed E-state index contributed by atoms with van der Waals surface area (Å²) in [5, 5.41) is 13.5. The first kappa shape index (κ1) is 23.3. The molecule has 0 unspecified atom stereocenters. The van der Waals surface area contributed by atoms with Crippen molar-refractivity contribution in [2.75, 3.05) is 12.4 Å². The maximum absolute atomic E-state index is 12.4. The van der Waals surface area contributed by atoms with Gasteiger partial charge in [0, 0.05) is 16.8 Å². The van der Waals surface area contributed by atoms with Crippen LogP contribution >= 0.6 is 11.8 Å². The summed E-state index contributed by atoms with van der Waals surface area (Å²) in [7, 11) is 0. The van der Waals surface area contributed by atoms with Crippen LogP contribution in [0.25, 0.3) is 17.1 Å². The van der Waals surface area contributed by atoms with Crippen LogP contribution in [0.1, 0.15) is 18.1 Å². The number of nitrogens with zero attached hydrogens (tertiary/aromatic N) is 4. The van der Waals surface area contributed by atoms with Gasteiger partial charge in [0.2, 0.25) is 0 Å². The first-order chi connectivity index (χ1) is 16.7. The van der Waals surface area contributed by atoms with Gasteiger partial charge in [0.05, 0.1) is 18.6 Å². The topological polar surface area (TPSA) is 81.4 Å². The zero-order valence-electron chi connectivity index (χ0n) is 19.0. The molecule has 0 radical (unpaired) electrons. The Balaban J connectivity index is 1.48. The molecule has 4 aromatic rings. The molecule has 4 rings (SSSR count). The first-order valence-electron chi connectivity index (χ1n) is 10.9. The zero-order valence-corrected chi connectivity index (χ0v) is 19.8. The predicted molar refractivity (Wildman–Crippen MR) is 136 cm³/mol. The summed E-state index contributed by atoms with van der Waals surface area (Å²) in [5.41, 5.74) is 6.42. The molecule has 0 fully saturated rings. The molecule has 3 aromatic carbocycles. The fourth-order valence-corrected chi connectivity index (χ4v) is 4.02. The van der Waals surface area contributed by atoms with Gasteiger partial charge in [-0.1, -0.05) is 71.9 Å². The smallest absolute Gasteiger partial charge is 0.250 e. The lowest BCUT2D eigenvalue weighted by atomic mass is 10.1. The Hall–Kier alpha value is -3.91. The number of rotatable bonds is 9. The van der Waals surface area contributed by atoms with Gasteiger partial charge in [0.15, 0.2) is 11.0 Å². The molecule has 0 saturated carbocycles. The summed E-state index contributed by atoms with van der Waals surface area (Å²) in [6.07, 6.45) is 1.58. The molecule has 8 heteroatoms. The Labute approximate surface area is 202 Å². The molecule has 0 saturated heterocycles. The number of para-hydroxylation sites is 2. The van der Waals surface area contributed by atoms with Crippen molar-refractivity contribution in [3.05, 3.63) is 90.0 Å². The molecule has 1 N–H and O–H groups in total. The van der Waals surface area contributed by atoms with Gasteiger partial charge in [-0.05, 0) is 38.1 Å². The number of carbonyl (C=O) groups is 1. The van der Waals surface area contributed by atoms with E-state index in [4.69, 9.17) is 4.74 Å². The minimum atomic E-state index is -0.241. The predicted octanol–water partition coefficient (Wildman–Crippen LogP) is 4.88. The Kier molecular flexibility index (Phi) is 7.72. The monoisotopic (exact) mass is 471 g/mol. The number of carbonyl (C=O) groups excluding carboxylic acids is 1. The fourth-order valence-electron chi connectivity index (χ4n) is 3.27.